The van der Waals surface area contributed by atoms with Gasteiger partial charge in [-0.1, -0.05) is 93.6 Å². The number of carbonyl (C=O) groups is 5. The van der Waals surface area contributed by atoms with Gasteiger partial charge in [0.25, 0.3) is 0 Å². The average molecular weight is 788 g/mol. The molecule has 1 aliphatic carbocycles. The number of nitrogens with zero attached hydrogens (tertiary/aromatic N) is 2. The van der Waals surface area contributed by atoms with Crippen LogP contribution in [0.2, 0.25) is 0 Å². The molecule has 0 saturated carbocycles. The van der Waals surface area contributed by atoms with Crippen LogP contribution < -0.4 is 21.3 Å². The molecule has 1 fully saturated rings. The van der Waals surface area contributed by atoms with Crippen LogP contribution in [0.1, 0.15) is 92.9 Å². The smallest absolute Gasteiger partial charge is 0.408 e. The van der Waals surface area contributed by atoms with E-state index >= 15 is 0 Å². The third-order valence-corrected chi connectivity index (χ3v) is 10.5. The summed E-state index contributed by atoms with van der Waals surface area (Å²) in [6.07, 6.45) is -0.195. The topological polar surface area (TPSA) is 160 Å². The molecule has 6 rings (SSSR count). The lowest BCUT2D eigenvalue weighted by atomic mass is 9.85. The van der Waals surface area contributed by atoms with Gasteiger partial charge >= 0.3 is 12.2 Å². The zero-order chi connectivity index (χ0) is 41.8. The Bertz CT molecular complexity index is 2110. The van der Waals surface area contributed by atoms with Crippen LogP contribution in [0.3, 0.4) is 0 Å². The van der Waals surface area contributed by atoms with E-state index in [1.54, 1.807) is 54.8 Å². The number of likely N-dealkylation sites (tertiary alicyclic amines) is 1. The zero-order valence-electron chi connectivity index (χ0n) is 34.0. The van der Waals surface area contributed by atoms with Gasteiger partial charge in [-0.2, -0.15) is 0 Å². The van der Waals surface area contributed by atoms with Crippen molar-refractivity contribution in [3.05, 3.63) is 125 Å². The minimum atomic E-state index is -0.950. The number of fused-ring (bicyclic) bond motifs is 3. The number of ether oxygens (including phenoxy) is 2. The third kappa shape index (κ3) is 9.67. The number of hydrogen-bond donors (Lipinski definition) is 3. The van der Waals surface area contributed by atoms with Gasteiger partial charge in [0.15, 0.2) is 0 Å². The molecule has 1 heterocycles. The molecule has 5 amide bonds. The van der Waals surface area contributed by atoms with E-state index in [0.29, 0.717) is 30.6 Å². The highest BCUT2D eigenvalue weighted by atomic mass is 16.6. The SMILES string of the molecule is CC(C)(C)OC(=O)N[C@H](C(=O)N1CCC[C@H]1C(=O)N(Cc1ccc(CNC(=O)OCC2c3ccccc3-c3ccccc32)cc1)c1ccc(C(N)=O)cc1)C(C)(C)C. The van der Waals surface area contributed by atoms with Crippen LogP contribution in [-0.2, 0) is 32.2 Å². The van der Waals surface area contributed by atoms with E-state index in [0.717, 1.165) is 33.4 Å². The Morgan fingerprint density at radius 1 is 0.793 bits per heavy atom. The Labute approximate surface area is 340 Å². The lowest BCUT2D eigenvalue weighted by molar-refractivity contribution is -0.141. The largest absolute Gasteiger partial charge is 0.449 e. The molecule has 2 aliphatic rings. The summed E-state index contributed by atoms with van der Waals surface area (Å²) < 4.78 is 11.2. The molecule has 0 radical (unpaired) electrons. The summed E-state index contributed by atoms with van der Waals surface area (Å²) >= 11 is 0. The van der Waals surface area contributed by atoms with E-state index in [-0.39, 0.29) is 37.4 Å². The highest BCUT2D eigenvalue weighted by Gasteiger charge is 2.43. The number of benzene rings is 4. The molecule has 58 heavy (non-hydrogen) atoms. The quantitative estimate of drug-likeness (QED) is 0.144. The van der Waals surface area contributed by atoms with E-state index < -0.39 is 41.2 Å². The van der Waals surface area contributed by atoms with Crippen molar-refractivity contribution in [1.82, 2.24) is 15.5 Å². The molecule has 2 atom stereocenters. The number of primary amides is 1. The van der Waals surface area contributed by atoms with Gasteiger partial charge in [0, 0.05) is 30.3 Å². The molecular formula is C46H53N5O7. The Balaban J connectivity index is 1.13. The maximum absolute atomic E-state index is 14.6. The number of rotatable bonds is 11. The van der Waals surface area contributed by atoms with Crippen LogP contribution in [0.5, 0.6) is 0 Å². The highest BCUT2D eigenvalue weighted by molar-refractivity contribution is 6.01. The maximum Gasteiger partial charge on any atom is 0.408 e. The first-order chi connectivity index (χ1) is 27.5. The first-order valence-corrected chi connectivity index (χ1v) is 19.7. The van der Waals surface area contributed by atoms with Crippen molar-refractivity contribution in [3.8, 4) is 11.1 Å². The highest BCUT2D eigenvalue weighted by Crippen LogP contribution is 2.44. The number of nitrogens with two attached hydrogens (primary N) is 1. The fraction of sp³-hybridized carbons (Fsp3) is 0.370. The predicted molar refractivity (Wildman–Crippen MR) is 222 cm³/mol. The number of alkyl carbamates (subject to hydrolysis) is 2. The molecule has 0 aromatic heterocycles. The minimum Gasteiger partial charge on any atom is -0.449 e. The molecule has 1 saturated heterocycles. The Morgan fingerprint density at radius 2 is 1.38 bits per heavy atom. The van der Waals surface area contributed by atoms with Gasteiger partial charge in [-0.15, -0.1) is 0 Å². The molecular weight excluding hydrogens is 735 g/mol. The molecule has 0 unspecified atom stereocenters. The standard InChI is InChI=1S/C46H53N5O7/c1-45(2,3)39(49-44(56)58-46(4,5)6)42(54)50-25-11-16-38(50)41(53)51(32-23-21-31(22-24-32)40(47)52)27-30-19-17-29(18-20-30)26-48-43(55)57-28-37-35-14-9-7-12-33(35)34-13-8-10-15-36(34)37/h7-10,12-15,17-24,37-39H,11,16,25-28H2,1-6H3,(H2,47,52)(H,48,55)(H,49,56)/t38-,39+/m0/s1. The van der Waals surface area contributed by atoms with E-state index in [9.17, 15) is 24.0 Å². The lowest BCUT2D eigenvalue weighted by Gasteiger charge is -2.37. The molecule has 0 spiro atoms. The number of amides is 5. The number of nitrogens with one attached hydrogen (secondary N) is 2. The molecule has 4 aromatic rings. The second-order valence-electron chi connectivity index (χ2n) is 17.0. The van der Waals surface area contributed by atoms with Crippen LogP contribution in [0.4, 0.5) is 15.3 Å². The second-order valence-corrected chi connectivity index (χ2v) is 17.0. The van der Waals surface area contributed by atoms with Crippen LogP contribution in [0, 0.1) is 5.41 Å². The van der Waals surface area contributed by atoms with Crippen LogP contribution in [-0.4, -0.2) is 65.6 Å². The van der Waals surface area contributed by atoms with Gasteiger partial charge in [0.1, 0.15) is 24.3 Å². The zero-order valence-corrected chi connectivity index (χ0v) is 34.0. The predicted octanol–water partition coefficient (Wildman–Crippen LogP) is 7.29. The average Bonchev–Trinajstić information content (AvgIpc) is 3.80. The number of carbonyl (C=O) groups excluding carboxylic acids is 5. The van der Waals surface area contributed by atoms with E-state index in [4.69, 9.17) is 15.2 Å². The summed E-state index contributed by atoms with van der Waals surface area (Å²) in [6.45, 7) is 11.7. The molecule has 4 aromatic carbocycles. The van der Waals surface area contributed by atoms with Crippen molar-refractivity contribution in [2.45, 2.75) is 91.1 Å². The minimum absolute atomic E-state index is 0.0432. The Hall–Kier alpha value is -6.17. The fourth-order valence-electron chi connectivity index (χ4n) is 7.58. The van der Waals surface area contributed by atoms with Crippen LogP contribution in [0.15, 0.2) is 97.1 Å². The number of hydrogen-bond acceptors (Lipinski definition) is 7. The summed E-state index contributed by atoms with van der Waals surface area (Å²) in [5, 5.41) is 5.61. The molecule has 12 heteroatoms. The molecule has 0 bridgehead atoms. The Morgan fingerprint density at radius 3 is 1.95 bits per heavy atom. The first-order valence-electron chi connectivity index (χ1n) is 19.7. The van der Waals surface area contributed by atoms with Gasteiger partial charge in [0.2, 0.25) is 17.7 Å². The van der Waals surface area contributed by atoms with Crippen molar-refractivity contribution in [2.24, 2.45) is 11.1 Å². The summed E-state index contributed by atoms with van der Waals surface area (Å²) in [5.41, 5.74) is 11.1. The van der Waals surface area contributed by atoms with Crippen molar-refractivity contribution in [3.63, 3.8) is 0 Å². The lowest BCUT2D eigenvalue weighted by Crippen LogP contribution is -2.58. The normalized spacial score (nSPS) is 15.5. The van der Waals surface area contributed by atoms with E-state index in [2.05, 4.69) is 34.9 Å². The van der Waals surface area contributed by atoms with E-state index in [1.165, 1.54) is 0 Å². The van der Waals surface area contributed by atoms with Crippen LogP contribution in [0.25, 0.3) is 11.1 Å². The van der Waals surface area contributed by atoms with E-state index in [1.807, 2.05) is 69.3 Å². The summed E-state index contributed by atoms with van der Waals surface area (Å²) in [4.78, 5) is 69.5. The summed E-state index contributed by atoms with van der Waals surface area (Å²) in [7, 11) is 0. The van der Waals surface area contributed by atoms with Crippen molar-refractivity contribution < 1.29 is 33.4 Å². The molecule has 1 aliphatic heterocycles. The molecule has 304 valence electrons. The molecule has 12 nitrogen and oxygen atoms in total. The fourth-order valence-corrected chi connectivity index (χ4v) is 7.58. The van der Waals surface area contributed by atoms with Gasteiger partial charge in [-0.3, -0.25) is 14.4 Å². The third-order valence-electron chi connectivity index (χ3n) is 10.5. The Kier molecular flexibility index (Phi) is 12.2. The van der Waals surface area contributed by atoms with Crippen LogP contribution >= 0.6 is 0 Å². The first kappa shape index (κ1) is 41.5. The number of anilines is 1. The summed E-state index contributed by atoms with van der Waals surface area (Å²) in [5.74, 6) is -1.31. The van der Waals surface area contributed by atoms with Crippen molar-refractivity contribution in [2.75, 3.05) is 18.1 Å². The van der Waals surface area contributed by atoms with Gasteiger partial charge in [-0.05, 0) is 96.7 Å². The maximum atomic E-state index is 14.6. The van der Waals surface area contributed by atoms with Gasteiger partial charge in [0.05, 0.1) is 6.54 Å². The summed E-state index contributed by atoms with van der Waals surface area (Å²) in [6, 6.07) is 28.6. The van der Waals surface area contributed by atoms with Gasteiger partial charge < -0.3 is 35.6 Å². The van der Waals surface area contributed by atoms with Crippen molar-refractivity contribution in [1.29, 1.82) is 0 Å². The van der Waals surface area contributed by atoms with Crippen molar-refractivity contribution >= 4 is 35.6 Å². The molecule has 4 N–H and O–H groups in total. The second kappa shape index (κ2) is 17.1. The monoisotopic (exact) mass is 787 g/mol. The van der Waals surface area contributed by atoms with Gasteiger partial charge in [-0.25, -0.2) is 9.59 Å².